The molecule has 0 atom stereocenters. The van der Waals surface area contributed by atoms with Crippen LogP contribution in [-0.2, 0) is 28.7 Å². The van der Waals surface area contributed by atoms with Crippen LogP contribution in [0.4, 0.5) is 23.3 Å². The number of aromatic amines is 1. The van der Waals surface area contributed by atoms with E-state index < -0.39 is 9.84 Å². The number of aryl methyl sites for hydroxylation is 4. The van der Waals surface area contributed by atoms with Crippen molar-refractivity contribution in [2.45, 2.75) is 31.7 Å². The maximum Gasteiger partial charge on any atom is 1.00 e. The number of benzene rings is 2. The van der Waals surface area contributed by atoms with E-state index in [0.29, 0.717) is 22.9 Å². The minimum atomic E-state index is -3.35. The van der Waals surface area contributed by atoms with Crippen molar-refractivity contribution >= 4 is 67.5 Å². The van der Waals surface area contributed by atoms with Crippen molar-refractivity contribution in [2.75, 3.05) is 30.1 Å². The van der Waals surface area contributed by atoms with Crippen LogP contribution in [0.3, 0.4) is 0 Å². The number of aldehydes is 2. The van der Waals surface area contributed by atoms with Crippen molar-refractivity contribution in [1.82, 2.24) is 54.3 Å². The van der Waals surface area contributed by atoms with Crippen LogP contribution in [0, 0.1) is 13.8 Å². The fourth-order valence-corrected chi connectivity index (χ4v) is 6.28. The molecule has 6 aromatic heterocycles. The predicted octanol–water partition coefficient (Wildman–Crippen LogP) is 2.97. The van der Waals surface area contributed by atoms with Crippen LogP contribution in [0.1, 0.15) is 46.2 Å². The summed E-state index contributed by atoms with van der Waals surface area (Å²) in [6.45, 7) is 5.69. The van der Waals surface area contributed by atoms with E-state index >= 15 is 0 Å². The number of ether oxygens (including phenoxy) is 1. The number of fused-ring (bicyclic) bond motifs is 2. The first-order chi connectivity index (χ1) is 28.4. The van der Waals surface area contributed by atoms with Gasteiger partial charge in [-0.15, -0.1) is 0 Å². The summed E-state index contributed by atoms with van der Waals surface area (Å²) in [5, 5.41) is 22.9. The molecule has 18 nitrogen and oxygen atoms in total. The molecule has 0 saturated carbocycles. The molecular formula is C40H44N13NaO5S. The molecule has 1 fully saturated rings. The molecule has 0 bridgehead atoms. The Morgan fingerprint density at radius 2 is 1.33 bits per heavy atom. The molecule has 8 aromatic rings. The van der Waals surface area contributed by atoms with Gasteiger partial charge in [0.05, 0.1) is 35.2 Å². The van der Waals surface area contributed by atoms with Crippen molar-refractivity contribution in [3.63, 3.8) is 0 Å². The summed E-state index contributed by atoms with van der Waals surface area (Å²) in [4.78, 5) is 37.9. The van der Waals surface area contributed by atoms with Crippen molar-refractivity contribution < 1.29 is 53.7 Å². The topological polar surface area (TPSA) is 222 Å². The quantitative estimate of drug-likeness (QED) is 0.114. The Labute approximate surface area is 369 Å². The number of nitrogens with zero attached hydrogens (tertiary/aromatic N) is 10. The minimum absolute atomic E-state index is 0. The second kappa shape index (κ2) is 20.7. The summed E-state index contributed by atoms with van der Waals surface area (Å²) in [7, 11) is 0.427. The average molecular weight is 842 g/mol. The van der Waals surface area contributed by atoms with E-state index in [1.165, 1.54) is 31.3 Å². The molecule has 0 unspecified atom stereocenters. The maximum absolute atomic E-state index is 11.5. The van der Waals surface area contributed by atoms with Gasteiger partial charge in [0, 0.05) is 91.8 Å². The maximum atomic E-state index is 11.5. The standard InChI is InChI=1S/C18H16N6O.C13H13N5O2S.C5H6N2O.C4H8O.Na.H/c1-12-9-24(10-14(12)11-25)17-5-6-19-18(22-17)21-15-3-4-16-13(7-15)8-20-23(16)2;1-18-11-4-3-10(7-9(11)8-15-18)16-13-14-6-5-12(17-13)21(2,19)20;1-4-5(3-8)2-6-7-4;1-2-4-5-3-1;;/h3-11H,1-2H3,(H,19,21,22);3-8H,1-2H3,(H,14,16,17);2-3H,1H3,(H,6,7);1-4H2;;/q;;;;+1;-1. The summed E-state index contributed by atoms with van der Waals surface area (Å²) in [6, 6.07) is 14.8. The Bertz CT molecular complexity index is 2810. The van der Waals surface area contributed by atoms with Crippen molar-refractivity contribution in [3.05, 3.63) is 114 Å². The van der Waals surface area contributed by atoms with Gasteiger partial charge in [-0.05, 0) is 80.8 Å². The van der Waals surface area contributed by atoms with Gasteiger partial charge in [0.2, 0.25) is 11.9 Å². The van der Waals surface area contributed by atoms with E-state index in [1.54, 1.807) is 36.3 Å². The SMILES string of the molecule is C1CCOC1.Cc1[nH]ncc1C=O.Cc1cn(-c2ccnc(Nc3ccc4c(cnn4C)c3)n2)cc1C=O.Cn1ncc2cc(Nc3nccc(S(C)(=O)=O)n3)ccc21.[H-].[Na+]. The first kappa shape index (κ1) is 45.0. The summed E-state index contributed by atoms with van der Waals surface area (Å²) in [6.07, 6.45) is 17.1. The molecule has 0 amide bonds. The Kier molecular flexibility index (Phi) is 15.5. The zero-order valence-corrected chi connectivity index (χ0v) is 36.9. The van der Waals surface area contributed by atoms with Gasteiger partial charge in [-0.3, -0.25) is 24.1 Å². The van der Waals surface area contributed by atoms with Gasteiger partial charge in [0.1, 0.15) is 5.82 Å². The number of hydrogen-bond donors (Lipinski definition) is 3. The molecule has 1 saturated heterocycles. The van der Waals surface area contributed by atoms with E-state index in [4.69, 9.17) is 4.74 Å². The molecule has 0 radical (unpaired) electrons. The molecule has 1 aliphatic heterocycles. The van der Waals surface area contributed by atoms with Crippen molar-refractivity contribution in [2.24, 2.45) is 14.1 Å². The Morgan fingerprint density at radius 1 is 0.767 bits per heavy atom. The third kappa shape index (κ3) is 11.8. The first-order valence-electron chi connectivity index (χ1n) is 18.3. The van der Waals surface area contributed by atoms with Gasteiger partial charge in [0.15, 0.2) is 27.4 Å². The van der Waals surface area contributed by atoms with Crippen LogP contribution in [0.25, 0.3) is 27.6 Å². The van der Waals surface area contributed by atoms with Gasteiger partial charge >= 0.3 is 29.6 Å². The molecule has 60 heavy (non-hydrogen) atoms. The third-order valence-corrected chi connectivity index (χ3v) is 9.92. The number of hydrogen-bond acceptors (Lipinski definition) is 14. The number of H-pyrrole nitrogens is 1. The number of carbonyl (C=O) groups is 2. The van der Waals surface area contributed by atoms with Gasteiger partial charge in [-0.1, -0.05) is 0 Å². The molecule has 0 aliphatic carbocycles. The molecule has 2 aromatic carbocycles. The van der Waals surface area contributed by atoms with Gasteiger partial charge in [0.25, 0.3) is 0 Å². The normalized spacial score (nSPS) is 11.9. The van der Waals surface area contributed by atoms with E-state index in [2.05, 4.69) is 51.0 Å². The summed E-state index contributed by atoms with van der Waals surface area (Å²) in [5.74, 6) is 1.41. The van der Waals surface area contributed by atoms with Crippen LogP contribution in [0.5, 0.6) is 0 Å². The Morgan fingerprint density at radius 3 is 1.80 bits per heavy atom. The van der Waals surface area contributed by atoms with Crippen molar-refractivity contribution in [3.8, 4) is 5.82 Å². The van der Waals surface area contributed by atoms with E-state index in [9.17, 15) is 18.0 Å². The van der Waals surface area contributed by atoms with E-state index in [1.807, 2.05) is 79.1 Å². The summed E-state index contributed by atoms with van der Waals surface area (Å²) in [5.41, 5.74) is 6.72. The van der Waals surface area contributed by atoms with Crippen LogP contribution < -0.4 is 40.2 Å². The molecule has 3 N–H and O–H groups in total. The number of aromatic nitrogens is 11. The zero-order valence-electron chi connectivity index (χ0n) is 35.1. The molecule has 9 rings (SSSR count). The number of rotatable bonds is 8. The van der Waals surface area contributed by atoms with Crippen LogP contribution in [0.2, 0.25) is 0 Å². The molecule has 20 heteroatoms. The summed E-state index contributed by atoms with van der Waals surface area (Å²) < 4.78 is 33.3. The van der Waals surface area contributed by atoms with Crippen LogP contribution in [0.15, 0.2) is 96.9 Å². The Hall–Kier alpha value is -6.12. The smallest absolute Gasteiger partial charge is 1.00 e. The first-order valence-corrected chi connectivity index (χ1v) is 20.2. The molecule has 7 heterocycles. The van der Waals surface area contributed by atoms with E-state index in [-0.39, 0.29) is 42.0 Å². The van der Waals surface area contributed by atoms with Crippen LogP contribution in [-0.4, -0.2) is 94.7 Å². The monoisotopic (exact) mass is 841 g/mol. The number of anilines is 4. The number of carbonyl (C=O) groups excluding carboxylic acids is 2. The fourth-order valence-electron chi connectivity index (χ4n) is 5.72. The Balaban J connectivity index is 0.000000204. The predicted molar refractivity (Wildman–Crippen MR) is 224 cm³/mol. The molecule has 0 spiro atoms. The van der Waals surface area contributed by atoms with Gasteiger partial charge < -0.3 is 21.4 Å². The van der Waals surface area contributed by atoms with E-state index in [0.717, 1.165) is 76.5 Å². The van der Waals surface area contributed by atoms with Gasteiger partial charge in [-0.2, -0.15) is 20.3 Å². The number of sulfone groups is 1. The second-order valence-corrected chi connectivity index (χ2v) is 15.3. The zero-order chi connectivity index (χ0) is 41.9. The molecule has 306 valence electrons. The number of nitrogens with one attached hydrogen (secondary N) is 3. The second-order valence-electron chi connectivity index (χ2n) is 13.4. The third-order valence-electron chi connectivity index (χ3n) is 8.94. The fraction of sp³-hybridized carbons (Fsp3) is 0.225. The molecular weight excluding hydrogens is 798 g/mol. The van der Waals surface area contributed by atoms with Crippen LogP contribution >= 0.6 is 0 Å². The average Bonchev–Trinajstić information content (AvgIpc) is 4.10. The minimum Gasteiger partial charge on any atom is -1.00 e. The van der Waals surface area contributed by atoms with Gasteiger partial charge in [-0.25, -0.2) is 23.4 Å². The summed E-state index contributed by atoms with van der Waals surface area (Å²) >= 11 is 0. The largest absolute Gasteiger partial charge is 1.00 e. The van der Waals surface area contributed by atoms with Crippen molar-refractivity contribution in [1.29, 1.82) is 0 Å². The molecule has 1 aliphatic rings.